The summed E-state index contributed by atoms with van der Waals surface area (Å²) in [6.45, 7) is 1.90. The summed E-state index contributed by atoms with van der Waals surface area (Å²) in [5, 5.41) is 11.2. The number of fused-ring (bicyclic) bond motifs is 2. The number of imidazole rings is 1. The van der Waals surface area contributed by atoms with Crippen LogP contribution in [0.25, 0.3) is 11.2 Å². The van der Waals surface area contributed by atoms with Crippen LogP contribution in [0.5, 0.6) is 5.75 Å². The maximum atomic E-state index is 13.1. The van der Waals surface area contributed by atoms with E-state index in [1.807, 2.05) is 18.2 Å². The van der Waals surface area contributed by atoms with Crippen LogP contribution in [-0.4, -0.2) is 79.6 Å². The van der Waals surface area contributed by atoms with Crippen LogP contribution in [-0.2, 0) is 22.6 Å². The number of amides is 3. The van der Waals surface area contributed by atoms with Crippen molar-refractivity contribution in [2.45, 2.75) is 44.3 Å². The monoisotopic (exact) mass is 508 g/mol. The van der Waals surface area contributed by atoms with E-state index in [1.165, 1.54) is 11.2 Å². The third kappa shape index (κ3) is 5.10. The van der Waals surface area contributed by atoms with Gasteiger partial charge in [-0.25, -0.2) is 19.7 Å². The van der Waals surface area contributed by atoms with Gasteiger partial charge >= 0.3 is 6.09 Å². The summed E-state index contributed by atoms with van der Waals surface area (Å²) in [4.78, 5) is 55.5. The molecule has 1 saturated heterocycles. The van der Waals surface area contributed by atoms with Gasteiger partial charge in [-0.1, -0.05) is 12.1 Å². The average molecular weight is 509 g/mol. The summed E-state index contributed by atoms with van der Waals surface area (Å²) in [7, 11) is 0. The second-order valence-corrected chi connectivity index (χ2v) is 9.17. The smallest absolute Gasteiger partial charge is 0.405 e. The van der Waals surface area contributed by atoms with Crippen molar-refractivity contribution < 1.29 is 24.2 Å². The van der Waals surface area contributed by atoms with Crippen LogP contribution in [0.3, 0.4) is 0 Å². The predicted molar refractivity (Wildman–Crippen MR) is 132 cm³/mol. The lowest BCUT2D eigenvalue weighted by atomic mass is 9.98. The Morgan fingerprint density at radius 3 is 2.92 bits per heavy atom. The average Bonchev–Trinajstić information content (AvgIpc) is 3.55. The van der Waals surface area contributed by atoms with E-state index in [9.17, 15) is 14.4 Å². The van der Waals surface area contributed by atoms with Gasteiger partial charge in [-0.3, -0.25) is 9.59 Å². The highest BCUT2D eigenvalue weighted by molar-refractivity contribution is 5.90. The van der Waals surface area contributed by atoms with Gasteiger partial charge in [-0.05, 0) is 30.9 Å². The predicted octanol–water partition coefficient (Wildman–Crippen LogP) is 0.797. The second-order valence-electron chi connectivity index (χ2n) is 9.17. The van der Waals surface area contributed by atoms with E-state index in [4.69, 9.17) is 15.6 Å². The Labute approximate surface area is 212 Å². The van der Waals surface area contributed by atoms with E-state index in [-0.39, 0.29) is 12.6 Å². The van der Waals surface area contributed by atoms with Crippen LogP contribution in [0, 0.1) is 0 Å². The van der Waals surface area contributed by atoms with Crippen molar-refractivity contribution in [2.75, 3.05) is 24.6 Å². The zero-order valence-electron chi connectivity index (χ0n) is 20.1. The van der Waals surface area contributed by atoms with Gasteiger partial charge in [-0.15, -0.1) is 0 Å². The Morgan fingerprint density at radius 2 is 2.11 bits per heavy atom. The number of benzene rings is 1. The van der Waals surface area contributed by atoms with E-state index >= 15 is 0 Å². The Bertz CT molecular complexity index is 1310. The lowest BCUT2D eigenvalue weighted by Gasteiger charge is -2.33. The first kappa shape index (κ1) is 24.3. The third-order valence-electron chi connectivity index (χ3n) is 6.82. The summed E-state index contributed by atoms with van der Waals surface area (Å²) in [5.74, 6) is 0.198. The molecule has 3 aromatic rings. The van der Waals surface area contributed by atoms with Gasteiger partial charge in [0.15, 0.2) is 11.5 Å². The first-order chi connectivity index (χ1) is 17.9. The molecule has 194 valence electrons. The highest BCUT2D eigenvalue weighted by Gasteiger charge is 2.32. The largest absolute Gasteiger partial charge is 0.491 e. The molecule has 0 bridgehead atoms. The number of aromatic amines is 1. The van der Waals surface area contributed by atoms with Crippen molar-refractivity contribution in [2.24, 2.45) is 5.73 Å². The van der Waals surface area contributed by atoms with Crippen LogP contribution in [0.2, 0.25) is 0 Å². The molecule has 5 rings (SSSR count). The van der Waals surface area contributed by atoms with Gasteiger partial charge in [0.05, 0.1) is 18.8 Å². The molecule has 1 fully saturated rings. The number of ether oxygens (including phenoxy) is 1. The van der Waals surface area contributed by atoms with E-state index in [1.54, 1.807) is 6.33 Å². The first-order valence-corrected chi connectivity index (χ1v) is 12.1. The highest BCUT2D eigenvalue weighted by atomic mass is 16.5. The fourth-order valence-corrected chi connectivity index (χ4v) is 5.08. The van der Waals surface area contributed by atoms with Crippen LogP contribution in [0.4, 0.5) is 10.6 Å². The summed E-state index contributed by atoms with van der Waals surface area (Å²) in [5.41, 5.74) is 8.58. The topological polar surface area (TPSA) is 180 Å². The molecular formula is C24H28N8O5. The molecule has 0 spiro atoms. The number of rotatable bonds is 8. The van der Waals surface area contributed by atoms with Crippen LogP contribution in [0.1, 0.15) is 30.4 Å². The van der Waals surface area contributed by atoms with Gasteiger partial charge in [0, 0.05) is 25.2 Å². The number of carboxylic acid groups (broad SMARTS) is 1. The number of carbonyl (C=O) groups is 3. The number of aromatic nitrogens is 4. The molecule has 1 unspecified atom stereocenters. The SMILES string of the molecule is NC(=O)CC(NC(=O)O)C(=O)N1CCc2cccc(OC[C@H]3CCCN3c3ncnc4[nH]cnc34)c2C1. The molecule has 0 aliphatic carbocycles. The van der Waals surface area contributed by atoms with Gasteiger partial charge < -0.3 is 35.7 Å². The molecule has 2 aliphatic rings. The number of nitrogens with one attached hydrogen (secondary N) is 2. The van der Waals surface area contributed by atoms with Crippen molar-refractivity contribution in [3.05, 3.63) is 42.0 Å². The second kappa shape index (κ2) is 10.3. The molecule has 5 N–H and O–H groups in total. The minimum Gasteiger partial charge on any atom is -0.491 e. The molecule has 13 heteroatoms. The van der Waals surface area contributed by atoms with Crippen molar-refractivity contribution in [3.63, 3.8) is 0 Å². The van der Waals surface area contributed by atoms with Gasteiger partial charge in [0.25, 0.3) is 0 Å². The molecule has 0 saturated carbocycles. The maximum absolute atomic E-state index is 13.1. The molecule has 1 aromatic carbocycles. The standard InChI is InChI=1S/C24H28N8O5/c25-19(33)9-17(30-24(35)36)23(34)31-8-6-14-3-1-5-18(16(14)10-31)37-11-15-4-2-7-32(15)22-20-21(27-12-26-20)28-13-29-22/h1,3,5,12-13,15,17,30H,2,4,6-11H2,(H2,25,33)(H,35,36)(H,26,27,28,29)/t15-,17?/m1/s1. The molecule has 3 amide bonds. The third-order valence-corrected chi connectivity index (χ3v) is 6.82. The van der Waals surface area contributed by atoms with Crippen molar-refractivity contribution in [1.82, 2.24) is 30.2 Å². The van der Waals surface area contributed by atoms with E-state index in [0.717, 1.165) is 41.8 Å². The maximum Gasteiger partial charge on any atom is 0.405 e. The Kier molecular flexibility index (Phi) is 6.75. The molecule has 4 heterocycles. The summed E-state index contributed by atoms with van der Waals surface area (Å²) in [6, 6.07) is 4.66. The van der Waals surface area contributed by atoms with Crippen LogP contribution < -0.4 is 20.7 Å². The molecule has 2 aromatic heterocycles. The molecule has 0 radical (unpaired) electrons. The molecule has 13 nitrogen and oxygen atoms in total. The Balaban J connectivity index is 1.31. The van der Waals surface area contributed by atoms with E-state index in [2.05, 4.69) is 30.2 Å². The number of H-pyrrole nitrogens is 1. The summed E-state index contributed by atoms with van der Waals surface area (Å²) >= 11 is 0. The number of carbonyl (C=O) groups excluding carboxylic acids is 2. The lowest BCUT2D eigenvalue weighted by molar-refractivity contribution is -0.136. The molecule has 37 heavy (non-hydrogen) atoms. The van der Waals surface area contributed by atoms with Crippen LogP contribution >= 0.6 is 0 Å². The van der Waals surface area contributed by atoms with Gasteiger partial charge in [0.2, 0.25) is 11.8 Å². The minimum absolute atomic E-state index is 0.0895. The number of hydrogen-bond acceptors (Lipinski definition) is 8. The number of hydrogen-bond donors (Lipinski definition) is 4. The fourth-order valence-electron chi connectivity index (χ4n) is 5.08. The zero-order valence-corrected chi connectivity index (χ0v) is 20.1. The van der Waals surface area contributed by atoms with Crippen molar-refractivity contribution in [3.8, 4) is 5.75 Å². The number of anilines is 1. The summed E-state index contributed by atoms with van der Waals surface area (Å²) < 4.78 is 6.32. The minimum atomic E-state index is -1.39. The zero-order chi connectivity index (χ0) is 25.9. The van der Waals surface area contributed by atoms with E-state index in [0.29, 0.717) is 31.0 Å². The first-order valence-electron chi connectivity index (χ1n) is 12.1. The number of primary amides is 1. The van der Waals surface area contributed by atoms with E-state index < -0.39 is 30.4 Å². The summed E-state index contributed by atoms with van der Waals surface area (Å²) in [6.07, 6.45) is 3.85. The van der Waals surface area contributed by atoms with Crippen LogP contribution in [0.15, 0.2) is 30.9 Å². The fraction of sp³-hybridized carbons (Fsp3) is 0.417. The Hall–Kier alpha value is -4.42. The highest BCUT2D eigenvalue weighted by Crippen LogP contribution is 2.31. The number of nitrogens with two attached hydrogens (primary N) is 1. The van der Waals surface area contributed by atoms with Crippen molar-refractivity contribution >= 4 is 34.9 Å². The molecule has 2 atom stereocenters. The normalized spacial score (nSPS) is 17.9. The van der Waals surface area contributed by atoms with Crippen molar-refractivity contribution in [1.29, 1.82) is 0 Å². The van der Waals surface area contributed by atoms with Gasteiger partial charge in [-0.2, -0.15) is 0 Å². The van der Waals surface area contributed by atoms with Gasteiger partial charge in [0.1, 0.15) is 30.2 Å². The number of nitrogens with zero attached hydrogens (tertiary/aromatic N) is 5. The molecule has 2 aliphatic heterocycles. The lowest BCUT2D eigenvalue weighted by Crippen LogP contribution is -2.51. The molecular weight excluding hydrogens is 480 g/mol. The Morgan fingerprint density at radius 1 is 1.24 bits per heavy atom. The quantitative estimate of drug-likeness (QED) is 0.342.